The van der Waals surface area contributed by atoms with E-state index in [0.29, 0.717) is 6.42 Å². The van der Waals surface area contributed by atoms with Crippen LogP contribution in [0.25, 0.3) is 0 Å². The second-order valence-corrected chi connectivity index (χ2v) is 6.16. The molecule has 0 aliphatic rings. The highest BCUT2D eigenvalue weighted by atomic mass is 19.4. The minimum Gasteiger partial charge on any atom is -0.455 e. The quantitative estimate of drug-likeness (QED) is 0.485. The van der Waals surface area contributed by atoms with Crippen LogP contribution in [0.3, 0.4) is 0 Å². The first kappa shape index (κ1) is 23.1. The smallest absolute Gasteiger partial charge is 0.416 e. The zero-order chi connectivity index (χ0) is 22.1. The van der Waals surface area contributed by atoms with Crippen molar-refractivity contribution in [3.63, 3.8) is 0 Å². The van der Waals surface area contributed by atoms with Crippen LogP contribution in [0.5, 0.6) is 5.75 Å². The number of carbonyl (C=O) groups excluding carboxylic acids is 2. The molecule has 0 radical (unpaired) electrons. The number of benzene rings is 2. The predicted octanol–water partition coefficient (Wildman–Crippen LogP) is 3.75. The Morgan fingerprint density at radius 1 is 1.00 bits per heavy atom. The van der Waals surface area contributed by atoms with Gasteiger partial charge < -0.3 is 14.8 Å². The van der Waals surface area contributed by atoms with Gasteiger partial charge in [-0.2, -0.15) is 22.0 Å². The van der Waals surface area contributed by atoms with Crippen molar-refractivity contribution in [2.75, 3.05) is 13.2 Å². The third-order valence-corrected chi connectivity index (χ3v) is 3.85. The second kappa shape index (κ2) is 10.6. The number of nitrogens with one attached hydrogen (secondary N) is 1. The summed E-state index contributed by atoms with van der Waals surface area (Å²) in [4.78, 5) is 23.4. The van der Waals surface area contributed by atoms with Gasteiger partial charge in [0.2, 0.25) is 0 Å². The molecular formula is C20H18F5NO4. The average Bonchev–Trinajstić information content (AvgIpc) is 2.67. The Labute approximate surface area is 168 Å². The highest BCUT2D eigenvalue weighted by molar-refractivity contribution is 5.81. The molecule has 0 saturated heterocycles. The number of hydrogen-bond donors (Lipinski definition) is 1. The molecule has 0 bridgehead atoms. The Morgan fingerprint density at radius 2 is 1.70 bits per heavy atom. The zero-order valence-corrected chi connectivity index (χ0v) is 15.5. The molecule has 10 heteroatoms. The molecule has 0 aromatic heterocycles. The monoisotopic (exact) mass is 431 g/mol. The van der Waals surface area contributed by atoms with E-state index in [1.807, 2.05) is 0 Å². The van der Waals surface area contributed by atoms with Gasteiger partial charge in [0.25, 0.3) is 5.91 Å². The molecule has 0 saturated carbocycles. The maximum Gasteiger partial charge on any atom is 0.416 e. The van der Waals surface area contributed by atoms with E-state index < -0.39 is 43.3 Å². The molecule has 0 unspecified atom stereocenters. The first-order chi connectivity index (χ1) is 14.1. The van der Waals surface area contributed by atoms with E-state index in [0.717, 1.165) is 17.7 Å². The molecule has 2 aromatic rings. The number of ether oxygens (including phenoxy) is 2. The van der Waals surface area contributed by atoms with Gasteiger partial charge in [-0.05, 0) is 35.7 Å². The molecule has 0 atom stereocenters. The molecule has 0 spiro atoms. The van der Waals surface area contributed by atoms with Crippen molar-refractivity contribution in [1.29, 1.82) is 0 Å². The van der Waals surface area contributed by atoms with Crippen molar-refractivity contribution in [2.24, 2.45) is 0 Å². The third kappa shape index (κ3) is 8.06. The van der Waals surface area contributed by atoms with Crippen LogP contribution in [-0.4, -0.2) is 31.6 Å². The molecule has 30 heavy (non-hydrogen) atoms. The van der Waals surface area contributed by atoms with E-state index in [1.165, 1.54) is 24.3 Å². The van der Waals surface area contributed by atoms with Crippen molar-refractivity contribution >= 4 is 11.9 Å². The average molecular weight is 431 g/mol. The lowest BCUT2D eigenvalue weighted by Crippen LogP contribution is -2.30. The predicted molar refractivity (Wildman–Crippen MR) is 95.9 cm³/mol. The molecule has 2 aromatic carbocycles. The lowest BCUT2D eigenvalue weighted by Gasteiger charge is -2.09. The Kier molecular flexibility index (Phi) is 8.14. The zero-order valence-electron chi connectivity index (χ0n) is 15.5. The lowest BCUT2D eigenvalue weighted by atomic mass is 10.1. The van der Waals surface area contributed by atoms with Crippen LogP contribution in [0.2, 0.25) is 0 Å². The summed E-state index contributed by atoms with van der Waals surface area (Å²) >= 11 is 0. The van der Waals surface area contributed by atoms with Gasteiger partial charge >= 0.3 is 18.8 Å². The summed E-state index contributed by atoms with van der Waals surface area (Å²) in [6.07, 6.45) is -4.51. The van der Waals surface area contributed by atoms with Gasteiger partial charge in [-0.15, -0.1) is 0 Å². The van der Waals surface area contributed by atoms with Crippen molar-refractivity contribution < 1.29 is 41.0 Å². The van der Waals surface area contributed by atoms with Crippen molar-refractivity contribution in [3.05, 3.63) is 65.2 Å². The maximum absolute atomic E-state index is 12.7. The molecule has 0 fully saturated rings. The number of carbonyl (C=O) groups is 2. The number of hydrogen-bond acceptors (Lipinski definition) is 4. The van der Waals surface area contributed by atoms with Crippen LogP contribution in [-0.2, 0) is 33.3 Å². The summed E-state index contributed by atoms with van der Waals surface area (Å²) in [5, 5.41) is 2.51. The second-order valence-electron chi connectivity index (χ2n) is 6.16. The fourth-order valence-corrected chi connectivity index (χ4v) is 2.46. The summed E-state index contributed by atoms with van der Waals surface area (Å²) in [6.45, 7) is -3.27. The molecule has 5 nitrogen and oxygen atoms in total. The first-order valence-electron chi connectivity index (χ1n) is 8.75. The molecule has 0 aliphatic carbocycles. The minimum absolute atomic E-state index is 0.0190. The Balaban J connectivity index is 1.70. The van der Waals surface area contributed by atoms with Gasteiger partial charge in [0.05, 0.1) is 12.0 Å². The maximum atomic E-state index is 12.7. The highest BCUT2D eigenvalue weighted by Crippen LogP contribution is 2.29. The summed E-state index contributed by atoms with van der Waals surface area (Å²) in [5.41, 5.74) is 0.00676. The van der Waals surface area contributed by atoms with Crippen LogP contribution >= 0.6 is 0 Å². The Bertz CT molecular complexity index is 853. The van der Waals surface area contributed by atoms with Crippen LogP contribution in [0.1, 0.15) is 16.7 Å². The molecule has 0 aliphatic heterocycles. The number of halogens is 5. The Morgan fingerprint density at radius 3 is 2.33 bits per heavy atom. The number of rotatable bonds is 9. The lowest BCUT2D eigenvalue weighted by molar-refractivity contribution is -0.148. The molecular weight excluding hydrogens is 413 g/mol. The number of amides is 1. The van der Waals surface area contributed by atoms with Gasteiger partial charge in [0.15, 0.2) is 6.61 Å². The van der Waals surface area contributed by atoms with Gasteiger partial charge in [-0.1, -0.05) is 30.3 Å². The van der Waals surface area contributed by atoms with E-state index in [9.17, 15) is 31.5 Å². The van der Waals surface area contributed by atoms with Crippen LogP contribution in [0, 0.1) is 0 Å². The van der Waals surface area contributed by atoms with Crippen molar-refractivity contribution in [3.8, 4) is 5.75 Å². The van der Waals surface area contributed by atoms with Crippen molar-refractivity contribution in [2.45, 2.75) is 25.6 Å². The normalized spacial score (nSPS) is 11.3. The van der Waals surface area contributed by atoms with Gasteiger partial charge in [-0.3, -0.25) is 9.59 Å². The summed E-state index contributed by atoms with van der Waals surface area (Å²) in [6, 6.07) is 10.2. The van der Waals surface area contributed by atoms with E-state index in [2.05, 4.69) is 10.1 Å². The summed E-state index contributed by atoms with van der Waals surface area (Å²) in [7, 11) is 0. The topological polar surface area (TPSA) is 64.6 Å². The number of esters is 1. The highest BCUT2D eigenvalue weighted by Gasteiger charge is 2.30. The van der Waals surface area contributed by atoms with E-state index in [1.54, 1.807) is 12.1 Å². The van der Waals surface area contributed by atoms with E-state index in [-0.39, 0.29) is 17.9 Å². The number of alkyl halides is 5. The van der Waals surface area contributed by atoms with Gasteiger partial charge in [0.1, 0.15) is 5.75 Å². The minimum atomic E-state index is -4.52. The van der Waals surface area contributed by atoms with Gasteiger partial charge in [-0.25, -0.2) is 0 Å². The fraction of sp³-hybridized carbons (Fsp3) is 0.300. The molecule has 162 valence electrons. The summed E-state index contributed by atoms with van der Waals surface area (Å²) < 4.78 is 71.1. The van der Waals surface area contributed by atoms with Crippen LogP contribution in [0.4, 0.5) is 22.0 Å². The van der Waals surface area contributed by atoms with Crippen LogP contribution < -0.4 is 10.1 Å². The standard InChI is InChI=1S/C20H18F5NO4/c21-19(22)30-16-6-4-13(5-7-16)8-9-26-17(27)12-29-18(28)11-14-2-1-3-15(10-14)20(23,24)25/h1-7,10,19H,8-9,11-12H2,(H,26,27). The van der Waals surface area contributed by atoms with Gasteiger partial charge in [0, 0.05) is 6.54 Å². The fourth-order valence-electron chi connectivity index (χ4n) is 2.46. The van der Waals surface area contributed by atoms with E-state index >= 15 is 0 Å². The molecule has 0 heterocycles. The summed E-state index contributed by atoms with van der Waals surface area (Å²) in [5.74, 6) is -1.39. The molecule has 2 rings (SSSR count). The molecule has 1 amide bonds. The van der Waals surface area contributed by atoms with Crippen molar-refractivity contribution in [1.82, 2.24) is 5.32 Å². The largest absolute Gasteiger partial charge is 0.455 e. The molecule has 1 N–H and O–H groups in total. The Hall–Kier alpha value is -3.17. The van der Waals surface area contributed by atoms with Crippen LogP contribution in [0.15, 0.2) is 48.5 Å². The van der Waals surface area contributed by atoms with E-state index in [4.69, 9.17) is 4.74 Å². The third-order valence-electron chi connectivity index (χ3n) is 3.85. The SMILES string of the molecule is O=C(COC(=O)Cc1cccc(C(F)(F)F)c1)NCCc1ccc(OC(F)F)cc1. The first-order valence-corrected chi connectivity index (χ1v) is 8.75.